The third-order valence-corrected chi connectivity index (χ3v) is 4.12. The van der Waals surface area contributed by atoms with Crippen molar-refractivity contribution in [3.63, 3.8) is 0 Å². The number of anilines is 1. The van der Waals surface area contributed by atoms with Gasteiger partial charge >= 0.3 is 5.97 Å². The van der Waals surface area contributed by atoms with Crippen LogP contribution in [0.5, 0.6) is 0 Å². The van der Waals surface area contributed by atoms with Crippen LogP contribution in [0.15, 0.2) is 5.38 Å². The molecule has 0 aliphatic heterocycles. The number of hydrogen-bond acceptors (Lipinski definition) is 6. The molecule has 5 nitrogen and oxygen atoms in total. The number of carbonyl (C=O) groups is 1. The van der Waals surface area contributed by atoms with Crippen molar-refractivity contribution in [3.05, 3.63) is 11.1 Å². The third kappa shape index (κ3) is 5.09. The monoisotopic (exact) mass is 298 g/mol. The zero-order valence-corrected chi connectivity index (χ0v) is 12.9. The van der Waals surface area contributed by atoms with Gasteiger partial charge in [0.15, 0.2) is 5.13 Å². The topological polar surface area (TPSA) is 51.7 Å². The van der Waals surface area contributed by atoms with E-state index < -0.39 is 0 Å². The lowest BCUT2D eigenvalue weighted by molar-refractivity contribution is -0.142. The molecular formula is C14H22N2O3S. The van der Waals surface area contributed by atoms with Crippen molar-refractivity contribution >= 4 is 22.4 Å². The molecule has 1 aromatic heterocycles. The van der Waals surface area contributed by atoms with Crippen LogP contribution in [-0.4, -0.2) is 44.4 Å². The van der Waals surface area contributed by atoms with Crippen molar-refractivity contribution in [2.45, 2.75) is 26.2 Å². The Morgan fingerprint density at radius 3 is 3.05 bits per heavy atom. The van der Waals surface area contributed by atoms with Crippen LogP contribution in [0.25, 0.3) is 0 Å². The molecular weight excluding hydrogens is 276 g/mol. The molecule has 0 N–H and O–H groups in total. The fourth-order valence-corrected chi connectivity index (χ4v) is 2.56. The van der Waals surface area contributed by atoms with E-state index >= 15 is 0 Å². The van der Waals surface area contributed by atoms with Crippen molar-refractivity contribution in [1.82, 2.24) is 4.98 Å². The number of ether oxygens (including phenoxy) is 2. The largest absolute Gasteiger partial charge is 0.466 e. The molecule has 2 rings (SSSR count). The van der Waals surface area contributed by atoms with E-state index in [9.17, 15) is 4.79 Å². The maximum absolute atomic E-state index is 11.4. The van der Waals surface area contributed by atoms with Gasteiger partial charge in [-0.15, -0.1) is 11.3 Å². The summed E-state index contributed by atoms with van der Waals surface area (Å²) in [5.41, 5.74) is 0.772. The molecule has 1 fully saturated rings. The minimum absolute atomic E-state index is 0.222. The highest BCUT2D eigenvalue weighted by Crippen LogP contribution is 2.28. The molecule has 1 aliphatic carbocycles. The van der Waals surface area contributed by atoms with E-state index in [0.29, 0.717) is 6.61 Å². The minimum Gasteiger partial charge on any atom is -0.466 e. The van der Waals surface area contributed by atoms with Gasteiger partial charge in [-0.2, -0.15) is 0 Å². The standard InChI is InChI=1S/C14H22N2O3S/c1-3-19-13(17)8-12-10-20-14(15-12)16(2)6-7-18-9-11-4-5-11/h10-11H,3-9H2,1-2H3. The molecule has 6 heteroatoms. The lowest BCUT2D eigenvalue weighted by atomic mass is 10.3. The molecule has 1 saturated carbocycles. The Morgan fingerprint density at radius 2 is 2.35 bits per heavy atom. The Morgan fingerprint density at radius 1 is 1.55 bits per heavy atom. The highest BCUT2D eigenvalue weighted by atomic mass is 32.1. The fraction of sp³-hybridized carbons (Fsp3) is 0.714. The second-order valence-electron chi connectivity index (χ2n) is 5.04. The van der Waals surface area contributed by atoms with Crippen molar-refractivity contribution < 1.29 is 14.3 Å². The van der Waals surface area contributed by atoms with Gasteiger partial charge in [-0.1, -0.05) is 0 Å². The van der Waals surface area contributed by atoms with Gasteiger partial charge in [0.05, 0.1) is 25.3 Å². The second kappa shape index (κ2) is 7.59. The van der Waals surface area contributed by atoms with Crippen LogP contribution in [0, 0.1) is 5.92 Å². The second-order valence-corrected chi connectivity index (χ2v) is 5.88. The van der Waals surface area contributed by atoms with Gasteiger partial charge in [0.25, 0.3) is 0 Å². The summed E-state index contributed by atoms with van der Waals surface area (Å²) in [6.45, 7) is 4.65. The van der Waals surface area contributed by atoms with E-state index in [1.807, 2.05) is 12.4 Å². The summed E-state index contributed by atoms with van der Waals surface area (Å²) in [6.07, 6.45) is 2.88. The van der Waals surface area contributed by atoms with Crippen LogP contribution < -0.4 is 4.90 Å². The molecule has 0 unspecified atom stereocenters. The summed E-state index contributed by atoms with van der Waals surface area (Å²) in [7, 11) is 1.99. The van der Waals surface area contributed by atoms with Crippen molar-refractivity contribution in [1.29, 1.82) is 0 Å². The van der Waals surface area contributed by atoms with Gasteiger partial charge in [0, 0.05) is 25.6 Å². The Labute approximate surface area is 123 Å². The predicted molar refractivity (Wildman–Crippen MR) is 79.3 cm³/mol. The Hall–Kier alpha value is -1.14. The molecule has 0 spiro atoms. The van der Waals surface area contributed by atoms with Gasteiger partial charge in [-0.3, -0.25) is 4.79 Å². The number of thiazole rings is 1. The van der Waals surface area contributed by atoms with Crippen LogP contribution in [0.1, 0.15) is 25.5 Å². The number of nitrogens with zero attached hydrogens (tertiary/aromatic N) is 2. The third-order valence-electron chi connectivity index (χ3n) is 3.12. The lowest BCUT2D eigenvalue weighted by Crippen LogP contribution is -2.23. The molecule has 0 aromatic carbocycles. The summed E-state index contributed by atoms with van der Waals surface area (Å²) in [4.78, 5) is 17.9. The first-order valence-corrected chi connectivity index (χ1v) is 7.96. The maximum Gasteiger partial charge on any atom is 0.311 e. The van der Waals surface area contributed by atoms with Crippen LogP contribution in [0.3, 0.4) is 0 Å². The Bertz CT molecular complexity index is 432. The van der Waals surface area contributed by atoms with Crippen molar-refractivity contribution in [2.75, 3.05) is 38.3 Å². The van der Waals surface area contributed by atoms with E-state index in [4.69, 9.17) is 9.47 Å². The minimum atomic E-state index is -0.222. The first kappa shape index (κ1) is 15.3. The van der Waals surface area contributed by atoms with Gasteiger partial charge in [0.2, 0.25) is 0 Å². The number of aromatic nitrogens is 1. The van der Waals surface area contributed by atoms with Gasteiger partial charge in [-0.05, 0) is 25.7 Å². The van der Waals surface area contributed by atoms with E-state index in [2.05, 4.69) is 9.88 Å². The lowest BCUT2D eigenvalue weighted by Gasteiger charge is -2.15. The summed E-state index contributed by atoms with van der Waals surface area (Å²) in [6, 6.07) is 0. The van der Waals surface area contributed by atoms with E-state index in [1.54, 1.807) is 18.3 Å². The highest BCUT2D eigenvalue weighted by molar-refractivity contribution is 7.13. The first-order valence-electron chi connectivity index (χ1n) is 7.08. The summed E-state index contributed by atoms with van der Waals surface area (Å²) in [5.74, 6) is 0.580. The average Bonchev–Trinajstić information content (AvgIpc) is 3.13. The molecule has 1 aromatic rings. The molecule has 0 saturated heterocycles. The number of carbonyl (C=O) groups excluding carboxylic acids is 1. The summed E-state index contributed by atoms with van der Waals surface area (Å²) in [5, 5.41) is 2.83. The van der Waals surface area contributed by atoms with Gasteiger partial charge in [-0.25, -0.2) is 4.98 Å². The van der Waals surface area contributed by atoms with E-state index in [1.165, 1.54) is 12.8 Å². The van der Waals surface area contributed by atoms with Crippen molar-refractivity contribution in [3.8, 4) is 0 Å². The molecule has 0 atom stereocenters. The number of esters is 1. The zero-order valence-electron chi connectivity index (χ0n) is 12.1. The maximum atomic E-state index is 11.4. The van der Waals surface area contributed by atoms with Gasteiger partial charge in [0.1, 0.15) is 0 Å². The number of likely N-dealkylation sites (N-methyl/N-ethyl adjacent to an activating group) is 1. The van der Waals surface area contributed by atoms with Crippen LogP contribution in [0.2, 0.25) is 0 Å². The average molecular weight is 298 g/mol. The molecule has 0 amide bonds. The van der Waals surface area contributed by atoms with E-state index in [0.717, 1.165) is 36.5 Å². The predicted octanol–water partition coefficient (Wildman–Crippen LogP) is 2.11. The molecule has 1 aliphatic rings. The van der Waals surface area contributed by atoms with Crippen LogP contribution in [-0.2, 0) is 20.7 Å². The van der Waals surface area contributed by atoms with E-state index in [-0.39, 0.29) is 12.4 Å². The summed E-state index contributed by atoms with van der Waals surface area (Å²) >= 11 is 1.55. The number of rotatable bonds is 9. The SMILES string of the molecule is CCOC(=O)Cc1csc(N(C)CCOCC2CC2)n1. The number of hydrogen-bond donors (Lipinski definition) is 0. The molecule has 20 heavy (non-hydrogen) atoms. The quantitative estimate of drug-likeness (QED) is 0.516. The molecule has 0 bridgehead atoms. The molecule has 112 valence electrons. The van der Waals surface area contributed by atoms with Crippen LogP contribution >= 0.6 is 11.3 Å². The van der Waals surface area contributed by atoms with Crippen molar-refractivity contribution in [2.24, 2.45) is 5.92 Å². The fourth-order valence-electron chi connectivity index (χ4n) is 1.74. The van der Waals surface area contributed by atoms with Crippen LogP contribution in [0.4, 0.5) is 5.13 Å². The smallest absolute Gasteiger partial charge is 0.311 e. The summed E-state index contributed by atoms with van der Waals surface area (Å²) < 4.78 is 10.5. The molecule has 0 radical (unpaired) electrons. The molecule has 1 heterocycles. The Balaban J connectivity index is 1.70. The normalized spacial score (nSPS) is 14.3. The highest BCUT2D eigenvalue weighted by Gasteiger charge is 2.21. The van der Waals surface area contributed by atoms with Gasteiger partial charge < -0.3 is 14.4 Å². The first-order chi connectivity index (χ1) is 9.69. The Kier molecular flexibility index (Phi) is 5.79. The zero-order chi connectivity index (χ0) is 14.4.